The van der Waals surface area contributed by atoms with Crippen LogP contribution in [0.1, 0.15) is 12.5 Å². The van der Waals surface area contributed by atoms with E-state index < -0.39 is 27.1 Å². The first kappa shape index (κ1) is 25.7. The smallest absolute Gasteiger partial charge is 0.318 e. The summed E-state index contributed by atoms with van der Waals surface area (Å²) in [6.07, 6.45) is 1.31. The molecule has 3 aromatic carbocycles. The molecule has 1 amide bonds. The Morgan fingerprint density at radius 1 is 1.06 bits per heavy atom. The molecule has 0 unspecified atom stereocenters. The second kappa shape index (κ2) is 11.5. The van der Waals surface area contributed by atoms with E-state index in [2.05, 4.69) is 5.32 Å². The number of nitrogens with one attached hydrogen (secondary N) is 1. The quantitative estimate of drug-likeness (QED) is 0.162. The predicted octanol–water partition coefficient (Wildman–Crippen LogP) is 5.89. The maximum Gasteiger partial charge on any atom is 0.318 e. The van der Waals surface area contributed by atoms with Gasteiger partial charge in [-0.1, -0.05) is 17.7 Å². The SMILES string of the molecule is CCOc1ccc(NC(=O)/C(C#N)=C/c2ccc(Oc3ccc([N+](=O)[O-])cc3[N+](=O)[O-])c(Cl)c2)cc1. The topological polar surface area (TPSA) is 158 Å². The largest absolute Gasteiger partial charge is 0.494 e. The second-order valence-electron chi connectivity index (χ2n) is 7.04. The van der Waals surface area contributed by atoms with Crippen molar-refractivity contribution in [3.8, 4) is 23.3 Å². The molecular formula is C24H17ClN4O7. The van der Waals surface area contributed by atoms with Crippen LogP contribution in [0.4, 0.5) is 17.1 Å². The lowest BCUT2D eigenvalue weighted by atomic mass is 10.1. The Morgan fingerprint density at radius 3 is 2.33 bits per heavy atom. The summed E-state index contributed by atoms with van der Waals surface area (Å²) >= 11 is 6.24. The van der Waals surface area contributed by atoms with Crippen LogP contribution in [0.3, 0.4) is 0 Å². The molecule has 0 fully saturated rings. The average Bonchev–Trinajstić information content (AvgIpc) is 2.85. The van der Waals surface area contributed by atoms with Crippen LogP contribution in [0, 0.1) is 31.6 Å². The highest BCUT2D eigenvalue weighted by Crippen LogP contribution is 2.37. The van der Waals surface area contributed by atoms with Gasteiger partial charge >= 0.3 is 5.69 Å². The predicted molar refractivity (Wildman–Crippen MR) is 131 cm³/mol. The van der Waals surface area contributed by atoms with Gasteiger partial charge in [0, 0.05) is 11.8 Å². The highest BCUT2D eigenvalue weighted by Gasteiger charge is 2.22. The molecule has 0 saturated heterocycles. The van der Waals surface area contributed by atoms with Crippen molar-refractivity contribution >= 4 is 40.6 Å². The third kappa shape index (κ3) is 6.34. The van der Waals surface area contributed by atoms with Crippen molar-refractivity contribution in [2.24, 2.45) is 0 Å². The fourth-order valence-corrected chi connectivity index (χ4v) is 3.20. The Kier molecular flexibility index (Phi) is 8.17. The van der Waals surface area contributed by atoms with E-state index in [9.17, 15) is 30.3 Å². The summed E-state index contributed by atoms with van der Waals surface area (Å²) in [5.74, 6) is -0.214. The van der Waals surface area contributed by atoms with E-state index >= 15 is 0 Å². The van der Waals surface area contributed by atoms with Crippen molar-refractivity contribution in [3.05, 3.63) is 97.1 Å². The van der Waals surface area contributed by atoms with E-state index in [-0.39, 0.29) is 22.1 Å². The molecule has 0 aliphatic rings. The molecule has 0 aliphatic heterocycles. The van der Waals surface area contributed by atoms with Gasteiger partial charge in [-0.05, 0) is 61.0 Å². The van der Waals surface area contributed by atoms with Gasteiger partial charge in [0.1, 0.15) is 23.1 Å². The fraction of sp³-hybridized carbons (Fsp3) is 0.0833. The van der Waals surface area contributed by atoms with Crippen LogP contribution >= 0.6 is 11.6 Å². The first-order valence-corrected chi connectivity index (χ1v) is 10.7. The van der Waals surface area contributed by atoms with Gasteiger partial charge in [0.2, 0.25) is 5.75 Å². The second-order valence-corrected chi connectivity index (χ2v) is 7.45. The number of anilines is 1. The van der Waals surface area contributed by atoms with Gasteiger partial charge < -0.3 is 14.8 Å². The first-order chi connectivity index (χ1) is 17.2. The molecule has 0 radical (unpaired) electrons. The highest BCUT2D eigenvalue weighted by atomic mass is 35.5. The molecule has 0 atom stereocenters. The molecule has 3 rings (SSSR count). The van der Waals surface area contributed by atoms with Crippen molar-refractivity contribution in [1.29, 1.82) is 5.26 Å². The standard InChI is InChI=1S/C24H17ClN4O7/c1-2-35-19-7-4-17(5-8-19)27-24(30)16(14-26)11-15-3-9-22(20(25)12-15)36-23-10-6-18(28(31)32)13-21(23)29(33)34/h3-13H,2H2,1H3,(H,27,30)/b16-11+. The molecule has 36 heavy (non-hydrogen) atoms. The van der Waals surface area contributed by atoms with Crippen LogP contribution in [-0.2, 0) is 4.79 Å². The van der Waals surface area contributed by atoms with Crippen molar-refractivity contribution in [2.75, 3.05) is 11.9 Å². The number of benzene rings is 3. The van der Waals surface area contributed by atoms with Crippen molar-refractivity contribution < 1.29 is 24.1 Å². The maximum atomic E-state index is 12.5. The van der Waals surface area contributed by atoms with Crippen molar-refractivity contribution in [2.45, 2.75) is 6.92 Å². The zero-order valence-electron chi connectivity index (χ0n) is 18.6. The minimum absolute atomic E-state index is 0.0283. The van der Waals surface area contributed by atoms with Gasteiger partial charge in [0.25, 0.3) is 11.6 Å². The number of nitro benzene ring substituents is 2. The lowest BCUT2D eigenvalue weighted by molar-refractivity contribution is -0.394. The van der Waals surface area contributed by atoms with Gasteiger partial charge in [-0.15, -0.1) is 0 Å². The molecule has 3 aromatic rings. The number of carbonyl (C=O) groups is 1. The molecule has 0 spiro atoms. The summed E-state index contributed by atoms with van der Waals surface area (Å²) in [6.45, 7) is 2.36. The summed E-state index contributed by atoms with van der Waals surface area (Å²) in [5.41, 5.74) is -0.408. The number of nitrogens with zero attached hydrogens (tertiary/aromatic N) is 3. The number of non-ortho nitro benzene ring substituents is 1. The Hall–Kier alpha value is -4.95. The highest BCUT2D eigenvalue weighted by molar-refractivity contribution is 6.32. The lowest BCUT2D eigenvalue weighted by Crippen LogP contribution is -2.13. The van der Waals surface area contributed by atoms with Crippen LogP contribution in [-0.4, -0.2) is 22.4 Å². The first-order valence-electron chi connectivity index (χ1n) is 10.3. The molecule has 0 aromatic heterocycles. The average molecular weight is 509 g/mol. The molecular weight excluding hydrogens is 492 g/mol. The molecule has 11 nitrogen and oxygen atoms in total. The van der Waals surface area contributed by atoms with Gasteiger partial charge in [-0.2, -0.15) is 5.26 Å². The number of rotatable bonds is 9. The Morgan fingerprint density at radius 2 is 1.75 bits per heavy atom. The molecule has 0 saturated carbocycles. The van der Waals surface area contributed by atoms with E-state index in [4.69, 9.17) is 21.1 Å². The van der Waals surface area contributed by atoms with Crippen LogP contribution < -0.4 is 14.8 Å². The molecule has 0 bridgehead atoms. The molecule has 0 aliphatic carbocycles. The maximum absolute atomic E-state index is 12.5. The summed E-state index contributed by atoms with van der Waals surface area (Å²) in [6, 6.07) is 15.7. The van der Waals surface area contributed by atoms with E-state index in [1.165, 1.54) is 24.3 Å². The van der Waals surface area contributed by atoms with Gasteiger partial charge in [-0.25, -0.2) is 0 Å². The number of carbonyl (C=O) groups excluding carboxylic acids is 1. The van der Waals surface area contributed by atoms with Crippen LogP contribution in [0.15, 0.2) is 66.2 Å². The molecule has 0 heterocycles. The minimum atomic E-state index is -0.810. The summed E-state index contributed by atoms with van der Waals surface area (Å²) in [7, 11) is 0. The van der Waals surface area contributed by atoms with E-state index in [1.54, 1.807) is 24.3 Å². The lowest BCUT2D eigenvalue weighted by Gasteiger charge is -2.09. The number of nitriles is 1. The van der Waals surface area contributed by atoms with E-state index in [0.717, 1.165) is 18.2 Å². The van der Waals surface area contributed by atoms with Crippen LogP contribution in [0.5, 0.6) is 17.2 Å². The molecule has 182 valence electrons. The third-order valence-electron chi connectivity index (χ3n) is 4.63. The number of amides is 1. The number of nitro groups is 2. The molecule has 12 heteroatoms. The number of halogens is 1. The zero-order chi connectivity index (χ0) is 26.2. The monoisotopic (exact) mass is 508 g/mol. The molecule has 1 N–H and O–H groups in total. The summed E-state index contributed by atoms with van der Waals surface area (Å²) in [5, 5.41) is 34.3. The Balaban J connectivity index is 1.79. The normalized spacial score (nSPS) is 10.8. The number of hydrogen-bond donors (Lipinski definition) is 1. The van der Waals surface area contributed by atoms with Crippen molar-refractivity contribution in [3.63, 3.8) is 0 Å². The van der Waals surface area contributed by atoms with Crippen molar-refractivity contribution in [1.82, 2.24) is 0 Å². The Bertz CT molecular complexity index is 1400. The third-order valence-corrected chi connectivity index (χ3v) is 4.92. The Labute approximate surface area is 209 Å². The zero-order valence-corrected chi connectivity index (χ0v) is 19.4. The van der Waals surface area contributed by atoms with Gasteiger partial charge in [0.05, 0.1) is 27.5 Å². The van der Waals surface area contributed by atoms with Gasteiger partial charge in [-0.3, -0.25) is 25.0 Å². The van der Waals surface area contributed by atoms with Crippen LogP contribution in [0.25, 0.3) is 6.08 Å². The number of ether oxygens (including phenoxy) is 2. The number of hydrogen-bond acceptors (Lipinski definition) is 8. The van der Waals surface area contributed by atoms with Crippen LogP contribution in [0.2, 0.25) is 5.02 Å². The van der Waals surface area contributed by atoms with E-state index in [1.807, 2.05) is 13.0 Å². The summed E-state index contributed by atoms with van der Waals surface area (Å²) in [4.78, 5) is 33.2. The van der Waals surface area contributed by atoms with Gasteiger partial charge in [0.15, 0.2) is 0 Å². The fourth-order valence-electron chi connectivity index (χ4n) is 2.97. The van der Waals surface area contributed by atoms with E-state index in [0.29, 0.717) is 23.6 Å². The summed E-state index contributed by atoms with van der Waals surface area (Å²) < 4.78 is 10.8. The minimum Gasteiger partial charge on any atom is -0.494 e.